The lowest BCUT2D eigenvalue weighted by atomic mass is 9.71. The lowest BCUT2D eigenvalue weighted by molar-refractivity contribution is -0.155. The van der Waals surface area contributed by atoms with E-state index in [1.54, 1.807) is 16.6 Å². The summed E-state index contributed by atoms with van der Waals surface area (Å²) in [5.74, 6) is 0.0345. The number of hydrogen-bond donors (Lipinski definition) is 1. The molecule has 5 heterocycles. The van der Waals surface area contributed by atoms with Gasteiger partial charge in [-0.15, -0.1) is 5.06 Å². The number of cyclic esters (lactones) is 1. The quantitative estimate of drug-likeness (QED) is 0.326. The molecule has 1 N–H and O–H groups in total. The normalized spacial score (nSPS) is 19.6. The Morgan fingerprint density at radius 2 is 1.93 bits per heavy atom. The van der Waals surface area contributed by atoms with Gasteiger partial charge in [0.1, 0.15) is 6.61 Å². The molecule has 3 aliphatic rings. The van der Waals surface area contributed by atoms with Crippen molar-refractivity contribution in [1.29, 1.82) is 0 Å². The molecule has 214 valence electrons. The summed E-state index contributed by atoms with van der Waals surface area (Å²) >= 11 is 0. The van der Waals surface area contributed by atoms with Gasteiger partial charge < -0.3 is 19.5 Å². The summed E-state index contributed by atoms with van der Waals surface area (Å²) in [6.07, 6.45) is 1.65. The molecule has 0 saturated carbocycles. The number of esters is 1. The maximum atomic E-state index is 13.8. The zero-order valence-corrected chi connectivity index (χ0v) is 23.8. The molecular weight excluding hydrogens is 524 g/mol. The molecule has 1 amide bonds. The second-order valence-corrected chi connectivity index (χ2v) is 11.3. The van der Waals surface area contributed by atoms with Crippen molar-refractivity contribution in [3.05, 3.63) is 56.9 Å². The highest BCUT2D eigenvalue weighted by molar-refractivity contribution is 5.92. The van der Waals surface area contributed by atoms with Crippen molar-refractivity contribution < 1.29 is 24.0 Å². The number of nitrogens with one attached hydrogen (secondary N) is 1. The van der Waals surface area contributed by atoms with E-state index in [9.17, 15) is 19.2 Å². The number of nitrogens with zero attached hydrogens (tertiary/aromatic N) is 3. The highest BCUT2D eigenvalue weighted by atomic mass is 16.7. The molecule has 2 aromatic heterocycles. The molecule has 0 bridgehead atoms. The van der Waals surface area contributed by atoms with Gasteiger partial charge >= 0.3 is 5.97 Å². The van der Waals surface area contributed by atoms with Crippen LogP contribution in [0.3, 0.4) is 0 Å². The van der Waals surface area contributed by atoms with Gasteiger partial charge in [-0.1, -0.05) is 13.8 Å². The monoisotopic (exact) mass is 558 g/mol. The molecule has 1 aromatic carbocycles. The second kappa shape index (κ2) is 10.1. The van der Waals surface area contributed by atoms with Crippen LogP contribution >= 0.6 is 0 Å². The van der Waals surface area contributed by atoms with Gasteiger partial charge in [-0.2, -0.15) is 0 Å². The summed E-state index contributed by atoms with van der Waals surface area (Å²) in [6, 6.07) is 7.17. The molecular formula is C31H34N4O6. The molecule has 3 aliphatic heterocycles. The molecule has 6 rings (SSSR count). The number of benzene rings is 1. The number of hydrogen-bond acceptors (Lipinski definition) is 8. The minimum Gasteiger partial charge on any atom is -0.460 e. The minimum atomic E-state index is -1.15. The van der Waals surface area contributed by atoms with Crippen LogP contribution in [0.2, 0.25) is 0 Å². The van der Waals surface area contributed by atoms with Crippen molar-refractivity contribution in [3.63, 3.8) is 0 Å². The van der Waals surface area contributed by atoms with Crippen LogP contribution in [-0.4, -0.2) is 45.4 Å². The molecule has 41 heavy (non-hydrogen) atoms. The minimum absolute atomic E-state index is 0.0650. The largest absolute Gasteiger partial charge is 0.460 e. The van der Waals surface area contributed by atoms with Crippen LogP contribution in [0.5, 0.6) is 5.75 Å². The van der Waals surface area contributed by atoms with E-state index in [-0.39, 0.29) is 36.7 Å². The smallest absolute Gasteiger partial charge is 0.316 e. The SMILES string of the molecule is CCCC(=O)N[C@@H](C)C(=O)CC[C@]1(CC)C(=O)OCc2c1cc1n(c2=O)Cc2cc3c4c(ccc3nc2-1)ON(C)C4. The zero-order chi connectivity index (χ0) is 29.1. The predicted molar refractivity (Wildman–Crippen MR) is 151 cm³/mol. The maximum Gasteiger partial charge on any atom is 0.316 e. The molecule has 0 aliphatic carbocycles. The van der Waals surface area contributed by atoms with Gasteiger partial charge in [0.2, 0.25) is 5.91 Å². The Balaban J connectivity index is 1.38. The van der Waals surface area contributed by atoms with Gasteiger partial charge in [-0.25, -0.2) is 4.98 Å². The van der Waals surface area contributed by atoms with Gasteiger partial charge in [0, 0.05) is 36.4 Å². The zero-order valence-electron chi connectivity index (χ0n) is 23.8. The van der Waals surface area contributed by atoms with Crippen molar-refractivity contribution in [3.8, 4) is 17.1 Å². The van der Waals surface area contributed by atoms with Crippen molar-refractivity contribution in [2.75, 3.05) is 7.05 Å². The molecule has 0 fully saturated rings. The number of rotatable bonds is 8. The number of aromatic nitrogens is 2. The number of carbonyl (C=O) groups excluding carboxylic acids is 3. The molecule has 0 saturated heterocycles. The van der Waals surface area contributed by atoms with E-state index in [0.29, 0.717) is 49.2 Å². The van der Waals surface area contributed by atoms with E-state index in [4.69, 9.17) is 14.6 Å². The van der Waals surface area contributed by atoms with E-state index < -0.39 is 17.4 Å². The summed E-state index contributed by atoms with van der Waals surface area (Å²) in [6.45, 7) is 6.35. The van der Waals surface area contributed by atoms with Crippen LogP contribution in [0.4, 0.5) is 0 Å². The van der Waals surface area contributed by atoms with Gasteiger partial charge in [0.05, 0.1) is 47.0 Å². The number of hydroxylamine groups is 2. The van der Waals surface area contributed by atoms with Gasteiger partial charge in [0.25, 0.3) is 5.56 Å². The number of fused-ring (bicyclic) bond motifs is 7. The first-order chi connectivity index (χ1) is 19.7. The molecule has 10 heteroatoms. The number of Topliss-reactive ketones (excluding diaryl/α,β-unsaturated/α-hetero) is 1. The Hall–Kier alpha value is -4.05. The fraction of sp³-hybridized carbons (Fsp3) is 0.452. The van der Waals surface area contributed by atoms with Gasteiger partial charge in [-0.05, 0) is 56.0 Å². The third-order valence-corrected chi connectivity index (χ3v) is 8.75. The second-order valence-electron chi connectivity index (χ2n) is 11.3. The Morgan fingerprint density at radius 1 is 1.12 bits per heavy atom. The number of ether oxygens (including phenoxy) is 1. The average Bonchev–Trinajstić information content (AvgIpc) is 3.51. The van der Waals surface area contributed by atoms with Crippen LogP contribution in [0.15, 0.2) is 29.1 Å². The lowest BCUT2D eigenvalue weighted by Gasteiger charge is -2.36. The molecule has 3 aromatic rings. The highest BCUT2D eigenvalue weighted by Gasteiger charge is 2.47. The fourth-order valence-electron chi connectivity index (χ4n) is 6.43. The standard InChI is InChI=1S/C31H34N4O6/c1-5-7-27(37)32-17(3)25(36)10-11-31(6-2)22-13-24-28-18(14-35(24)29(38)21(22)16-40-30(31)39)12-19-20-15-34(4)41-26(20)9-8-23(19)33-28/h8-9,12-13,17H,5-7,10-11,14-16H2,1-4H3,(H,32,37)/t17-,31-/m0/s1. The first kappa shape index (κ1) is 27.1. The first-order valence-corrected chi connectivity index (χ1v) is 14.3. The van der Waals surface area contributed by atoms with Gasteiger partial charge in [0.15, 0.2) is 11.5 Å². The number of ketones is 1. The van der Waals surface area contributed by atoms with Crippen LogP contribution in [0.25, 0.3) is 22.3 Å². The summed E-state index contributed by atoms with van der Waals surface area (Å²) in [5, 5.41) is 5.51. The predicted octanol–water partition coefficient (Wildman–Crippen LogP) is 3.52. The molecule has 10 nitrogen and oxygen atoms in total. The van der Waals surface area contributed by atoms with Crippen LogP contribution in [0.1, 0.15) is 75.1 Å². The number of carbonyl (C=O) groups is 3. The van der Waals surface area contributed by atoms with Crippen LogP contribution in [0, 0.1) is 0 Å². The lowest BCUT2D eigenvalue weighted by Crippen LogP contribution is -2.45. The van der Waals surface area contributed by atoms with Crippen molar-refractivity contribution in [2.45, 2.75) is 84.0 Å². The van der Waals surface area contributed by atoms with Crippen LogP contribution < -0.4 is 15.7 Å². The first-order valence-electron chi connectivity index (χ1n) is 14.3. The topological polar surface area (TPSA) is 120 Å². The molecule has 0 unspecified atom stereocenters. The van der Waals surface area contributed by atoms with Crippen molar-refractivity contribution in [1.82, 2.24) is 19.9 Å². The molecule has 0 spiro atoms. The summed E-state index contributed by atoms with van der Waals surface area (Å²) in [4.78, 5) is 63.0. The summed E-state index contributed by atoms with van der Waals surface area (Å²) < 4.78 is 7.28. The van der Waals surface area contributed by atoms with E-state index >= 15 is 0 Å². The summed E-state index contributed by atoms with van der Waals surface area (Å²) in [7, 11) is 1.88. The van der Waals surface area contributed by atoms with E-state index in [1.807, 2.05) is 39.1 Å². The average molecular weight is 559 g/mol. The fourth-order valence-corrected chi connectivity index (χ4v) is 6.43. The van der Waals surface area contributed by atoms with E-state index in [0.717, 1.165) is 33.5 Å². The third-order valence-electron chi connectivity index (χ3n) is 8.75. The van der Waals surface area contributed by atoms with E-state index in [1.165, 1.54) is 0 Å². The van der Waals surface area contributed by atoms with Gasteiger partial charge in [-0.3, -0.25) is 19.2 Å². The third kappa shape index (κ3) is 4.32. The number of pyridine rings is 2. The molecule has 2 atom stereocenters. The summed E-state index contributed by atoms with van der Waals surface area (Å²) in [5.41, 5.74) is 3.90. The number of amides is 1. The van der Waals surface area contributed by atoms with Crippen LogP contribution in [-0.2, 0) is 44.2 Å². The maximum absolute atomic E-state index is 13.8. The Kier molecular flexibility index (Phi) is 6.68. The van der Waals surface area contributed by atoms with Crippen molar-refractivity contribution >= 4 is 28.6 Å². The Bertz CT molecular complexity index is 1680. The highest BCUT2D eigenvalue weighted by Crippen LogP contribution is 2.43. The van der Waals surface area contributed by atoms with Crippen molar-refractivity contribution in [2.24, 2.45) is 0 Å². The Morgan fingerprint density at radius 3 is 2.68 bits per heavy atom. The Labute approximate surface area is 237 Å². The molecule has 0 radical (unpaired) electrons. The van der Waals surface area contributed by atoms with E-state index in [2.05, 4.69) is 11.4 Å².